The van der Waals surface area contributed by atoms with Crippen molar-refractivity contribution in [1.82, 2.24) is 15.3 Å². The molecule has 0 aliphatic rings. The van der Waals surface area contributed by atoms with Gasteiger partial charge in [-0.25, -0.2) is 9.37 Å². The van der Waals surface area contributed by atoms with Crippen molar-refractivity contribution in [2.75, 3.05) is 17.6 Å². The highest BCUT2D eigenvalue weighted by Crippen LogP contribution is 2.20. The standard InChI is InChI=1S/C19H17FN4O2S/c20-14-6-8-15(9-7-14)23-18(26)17(25)21-10-11-27-19-22-12-16(24-19)13-4-2-1-3-5-13/h1-9,12H,10-11H2,(H,21,25)(H,22,24)(H,23,26). The molecule has 6 nitrogen and oxygen atoms in total. The van der Waals surface area contributed by atoms with Crippen molar-refractivity contribution in [2.24, 2.45) is 0 Å². The first kappa shape index (κ1) is 18.7. The van der Waals surface area contributed by atoms with Crippen LogP contribution < -0.4 is 10.6 Å². The van der Waals surface area contributed by atoms with Crippen LogP contribution in [0.15, 0.2) is 66.0 Å². The van der Waals surface area contributed by atoms with Gasteiger partial charge in [0, 0.05) is 18.0 Å². The van der Waals surface area contributed by atoms with Crippen LogP contribution in [0.4, 0.5) is 10.1 Å². The number of nitrogens with one attached hydrogen (secondary N) is 3. The summed E-state index contributed by atoms with van der Waals surface area (Å²) in [5.74, 6) is -1.40. The van der Waals surface area contributed by atoms with Crippen LogP contribution in [0.3, 0.4) is 0 Å². The molecule has 3 N–H and O–H groups in total. The van der Waals surface area contributed by atoms with Gasteiger partial charge in [-0.2, -0.15) is 0 Å². The molecule has 0 aliphatic heterocycles. The Morgan fingerprint density at radius 1 is 1.04 bits per heavy atom. The van der Waals surface area contributed by atoms with E-state index in [0.29, 0.717) is 18.0 Å². The smallest absolute Gasteiger partial charge is 0.313 e. The Balaban J connectivity index is 1.41. The van der Waals surface area contributed by atoms with E-state index in [2.05, 4.69) is 20.6 Å². The number of halogens is 1. The number of aromatic amines is 1. The zero-order valence-corrected chi connectivity index (χ0v) is 15.1. The fourth-order valence-electron chi connectivity index (χ4n) is 2.25. The number of rotatable bonds is 6. The molecule has 2 aromatic carbocycles. The Kier molecular flexibility index (Phi) is 6.22. The summed E-state index contributed by atoms with van der Waals surface area (Å²) in [6.07, 6.45) is 1.76. The second kappa shape index (κ2) is 9.00. The highest BCUT2D eigenvalue weighted by Gasteiger charge is 2.13. The lowest BCUT2D eigenvalue weighted by Gasteiger charge is -2.06. The lowest BCUT2D eigenvalue weighted by Crippen LogP contribution is -2.36. The molecular weight excluding hydrogens is 367 g/mol. The fourth-order valence-corrected chi connectivity index (χ4v) is 2.96. The molecular formula is C19H17FN4O2S. The predicted octanol–water partition coefficient (Wildman–Crippen LogP) is 3.06. The third kappa shape index (κ3) is 5.42. The highest BCUT2D eigenvalue weighted by atomic mass is 32.2. The maximum atomic E-state index is 12.8. The molecule has 1 heterocycles. The lowest BCUT2D eigenvalue weighted by atomic mass is 10.2. The molecule has 0 bridgehead atoms. The number of carbonyl (C=O) groups is 2. The normalized spacial score (nSPS) is 10.4. The molecule has 0 saturated carbocycles. The van der Waals surface area contributed by atoms with E-state index in [9.17, 15) is 14.0 Å². The molecule has 2 amide bonds. The zero-order valence-electron chi connectivity index (χ0n) is 14.2. The monoisotopic (exact) mass is 384 g/mol. The number of carbonyl (C=O) groups excluding carboxylic acids is 2. The fraction of sp³-hybridized carbons (Fsp3) is 0.105. The number of benzene rings is 2. The minimum atomic E-state index is -0.795. The predicted molar refractivity (Wildman–Crippen MR) is 103 cm³/mol. The zero-order chi connectivity index (χ0) is 19.1. The topological polar surface area (TPSA) is 86.9 Å². The maximum absolute atomic E-state index is 12.8. The van der Waals surface area contributed by atoms with Gasteiger partial charge in [-0.3, -0.25) is 9.59 Å². The van der Waals surface area contributed by atoms with Crippen molar-refractivity contribution in [3.05, 3.63) is 66.6 Å². The average molecular weight is 384 g/mol. The molecule has 0 saturated heterocycles. The van der Waals surface area contributed by atoms with Gasteiger partial charge in [-0.05, 0) is 29.8 Å². The molecule has 1 aromatic heterocycles. The van der Waals surface area contributed by atoms with Gasteiger partial charge in [0.15, 0.2) is 5.16 Å². The Hall–Kier alpha value is -3.13. The SMILES string of the molecule is O=C(NCCSc1ncc(-c2ccccc2)[nH]1)C(=O)Nc1ccc(F)cc1. The molecule has 3 aromatic rings. The van der Waals surface area contributed by atoms with E-state index in [1.54, 1.807) is 6.20 Å². The van der Waals surface area contributed by atoms with Crippen LogP contribution in [0.25, 0.3) is 11.3 Å². The van der Waals surface area contributed by atoms with Crippen molar-refractivity contribution >= 4 is 29.3 Å². The van der Waals surface area contributed by atoms with E-state index in [-0.39, 0.29) is 0 Å². The maximum Gasteiger partial charge on any atom is 0.313 e. The number of thioether (sulfide) groups is 1. The molecule has 138 valence electrons. The largest absolute Gasteiger partial charge is 0.347 e. The van der Waals surface area contributed by atoms with Crippen LogP contribution in [0, 0.1) is 5.82 Å². The van der Waals surface area contributed by atoms with Gasteiger partial charge in [-0.15, -0.1) is 0 Å². The molecule has 0 fully saturated rings. The van der Waals surface area contributed by atoms with Gasteiger partial charge in [0.05, 0.1) is 11.9 Å². The van der Waals surface area contributed by atoms with E-state index < -0.39 is 17.6 Å². The van der Waals surface area contributed by atoms with Crippen molar-refractivity contribution in [2.45, 2.75) is 5.16 Å². The lowest BCUT2D eigenvalue weighted by molar-refractivity contribution is -0.136. The second-order valence-corrected chi connectivity index (χ2v) is 6.62. The van der Waals surface area contributed by atoms with Gasteiger partial charge in [0.1, 0.15) is 5.82 Å². The highest BCUT2D eigenvalue weighted by molar-refractivity contribution is 7.99. The third-order valence-electron chi connectivity index (χ3n) is 3.57. The minimum absolute atomic E-state index is 0.307. The Labute approximate surface area is 159 Å². The quantitative estimate of drug-likeness (QED) is 0.346. The summed E-state index contributed by atoms with van der Waals surface area (Å²) in [7, 11) is 0. The first-order chi connectivity index (χ1) is 13.1. The van der Waals surface area contributed by atoms with E-state index in [1.165, 1.54) is 36.0 Å². The van der Waals surface area contributed by atoms with E-state index in [0.717, 1.165) is 16.4 Å². The Morgan fingerprint density at radius 3 is 2.52 bits per heavy atom. The second-order valence-electron chi connectivity index (χ2n) is 5.53. The van der Waals surface area contributed by atoms with Crippen LogP contribution in [0.1, 0.15) is 0 Å². The minimum Gasteiger partial charge on any atom is -0.347 e. The van der Waals surface area contributed by atoms with Crippen molar-refractivity contribution in [3.8, 4) is 11.3 Å². The first-order valence-electron chi connectivity index (χ1n) is 8.20. The number of H-pyrrole nitrogens is 1. The van der Waals surface area contributed by atoms with Crippen molar-refractivity contribution < 1.29 is 14.0 Å². The molecule has 27 heavy (non-hydrogen) atoms. The summed E-state index contributed by atoms with van der Waals surface area (Å²) in [5.41, 5.74) is 2.32. The molecule has 0 spiro atoms. The van der Waals surface area contributed by atoms with Crippen LogP contribution in [0.5, 0.6) is 0 Å². The van der Waals surface area contributed by atoms with E-state index in [1.807, 2.05) is 30.3 Å². The van der Waals surface area contributed by atoms with Crippen LogP contribution in [-0.4, -0.2) is 34.1 Å². The van der Waals surface area contributed by atoms with Gasteiger partial charge < -0.3 is 15.6 Å². The van der Waals surface area contributed by atoms with Gasteiger partial charge in [0.25, 0.3) is 0 Å². The third-order valence-corrected chi connectivity index (χ3v) is 4.46. The Bertz CT molecular complexity index is 913. The summed E-state index contributed by atoms with van der Waals surface area (Å²) >= 11 is 1.44. The number of nitrogens with zero attached hydrogens (tertiary/aromatic N) is 1. The molecule has 0 aliphatic carbocycles. The van der Waals surface area contributed by atoms with E-state index >= 15 is 0 Å². The first-order valence-corrected chi connectivity index (χ1v) is 9.18. The van der Waals surface area contributed by atoms with Gasteiger partial charge in [-0.1, -0.05) is 42.1 Å². The molecule has 0 radical (unpaired) electrons. The van der Waals surface area contributed by atoms with E-state index in [4.69, 9.17) is 0 Å². The number of hydrogen-bond donors (Lipinski definition) is 3. The summed E-state index contributed by atoms with van der Waals surface area (Å²) in [4.78, 5) is 31.1. The van der Waals surface area contributed by atoms with Crippen LogP contribution in [0.2, 0.25) is 0 Å². The van der Waals surface area contributed by atoms with Crippen LogP contribution >= 0.6 is 11.8 Å². The number of anilines is 1. The summed E-state index contributed by atoms with van der Waals surface area (Å²) in [6.45, 7) is 0.307. The molecule has 8 heteroatoms. The summed E-state index contributed by atoms with van der Waals surface area (Å²) in [5, 5.41) is 5.68. The van der Waals surface area contributed by atoms with Gasteiger partial charge >= 0.3 is 11.8 Å². The van der Waals surface area contributed by atoms with Crippen LogP contribution in [-0.2, 0) is 9.59 Å². The summed E-state index contributed by atoms with van der Waals surface area (Å²) in [6, 6.07) is 15.0. The summed E-state index contributed by atoms with van der Waals surface area (Å²) < 4.78 is 12.8. The van der Waals surface area contributed by atoms with Crippen molar-refractivity contribution in [3.63, 3.8) is 0 Å². The van der Waals surface area contributed by atoms with Gasteiger partial charge in [0.2, 0.25) is 0 Å². The average Bonchev–Trinajstić information content (AvgIpc) is 3.16. The van der Waals surface area contributed by atoms with Crippen molar-refractivity contribution in [1.29, 1.82) is 0 Å². The molecule has 0 unspecified atom stereocenters. The molecule has 0 atom stereocenters. The molecule has 3 rings (SSSR count). The number of aromatic nitrogens is 2. The Morgan fingerprint density at radius 2 is 1.78 bits per heavy atom. The number of amides is 2. The number of imidazole rings is 1. The number of hydrogen-bond acceptors (Lipinski definition) is 4.